The lowest BCUT2D eigenvalue weighted by atomic mass is 9.76. The first kappa shape index (κ1) is 28.5. The molecule has 4 atom stereocenters. The zero-order valence-corrected chi connectivity index (χ0v) is 23.6. The Kier molecular flexibility index (Phi) is 7.66. The number of amides is 2. The Bertz CT molecular complexity index is 1560. The van der Waals surface area contributed by atoms with E-state index in [4.69, 9.17) is 0 Å². The fraction of sp³-hybridized carbons (Fsp3) is 0.324. The van der Waals surface area contributed by atoms with Gasteiger partial charge in [-0.3, -0.25) is 34.7 Å². The number of carboxylic acids is 1. The van der Waals surface area contributed by atoms with E-state index in [0.717, 1.165) is 48.8 Å². The summed E-state index contributed by atoms with van der Waals surface area (Å²) < 4.78 is 0. The van der Waals surface area contributed by atoms with E-state index >= 15 is 0 Å². The van der Waals surface area contributed by atoms with E-state index in [1.165, 1.54) is 29.2 Å². The molecular formula is C34H33N3O6. The fourth-order valence-corrected chi connectivity index (χ4v) is 7.07. The van der Waals surface area contributed by atoms with E-state index < -0.39 is 40.2 Å². The Balaban J connectivity index is 1.36. The number of carboxylic acid groups (broad SMARTS) is 1. The second-order valence-corrected chi connectivity index (χ2v) is 11.8. The highest BCUT2D eigenvalue weighted by atomic mass is 16.6. The first-order valence-corrected chi connectivity index (χ1v) is 14.7. The van der Waals surface area contributed by atoms with Crippen LogP contribution in [0.15, 0.2) is 78.9 Å². The van der Waals surface area contributed by atoms with Gasteiger partial charge in [-0.05, 0) is 35.1 Å². The summed E-state index contributed by atoms with van der Waals surface area (Å²) in [7, 11) is 0. The van der Waals surface area contributed by atoms with Crippen LogP contribution in [0.25, 0.3) is 12.2 Å². The molecule has 0 radical (unpaired) electrons. The molecule has 4 unspecified atom stereocenters. The third kappa shape index (κ3) is 5.25. The minimum absolute atomic E-state index is 0.104. The summed E-state index contributed by atoms with van der Waals surface area (Å²) in [6, 6.07) is 22.2. The molecule has 0 aromatic heterocycles. The van der Waals surface area contributed by atoms with Crippen molar-refractivity contribution in [3.8, 4) is 0 Å². The van der Waals surface area contributed by atoms with Crippen molar-refractivity contribution in [2.24, 2.45) is 11.8 Å². The van der Waals surface area contributed by atoms with Crippen LogP contribution in [0.3, 0.4) is 0 Å². The predicted molar refractivity (Wildman–Crippen MR) is 161 cm³/mol. The van der Waals surface area contributed by atoms with Crippen LogP contribution in [0.1, 0.15) is 60.4 Å². The number of aliphatic carboxylic acids is 1. The van der Waals surface area contributed by atoms with Gasteiger partial charge in [-0.1, -0.05) is 98.1 Å². The number of hydrogen-bond donors (Lipinski definition) is 2. The quantitative estimate of drug-likeness (QED) is 0.158. The summed E-state index contributed by atoms with van der Waals surface area (Å²) in [5.41, 5.74) is 1.37. The lowest BCUT2D eigenvalue weighted by molar-refractivity contribution is -0.384. The number of carbonyl (C=O) groups is 3. The number of nitrogens with one attached hydrogen (secondary N) is 1. The van der Waals surface area contributed by atoms with Crippen molar-refractivity contribution < 1.29 is 24.4 Å². The minimum Gasteiger partial charge on any atom is -0.480 e. The van der Waals surface area contributed by atoms with Crippen molar-refractivity contribution in [1.29, 1.82) is 0 Å². The number of nitrogens with zero attached hydrogens (tertiary/aromatic N) is 2. The number of nitro benzene ring substituents is 1. The standard InChI is InChI=1S/C34H33N3O6/c38-31-28-29(32(39)36(31)26-9-5-2-6-10-26)34(33(40)41,21-24-15-19-27(20-16-24)37(42)43)35-30(28)25-17-13-23(14-18-25)12-11-22-7-3-1-4-8-22/h1,3-4,7-8,11-20,26,28-30,35H,2,5-6,9-10,21H2,(H,40,41)/b12-11+. The van der Waals surface area contributed by atoms with Gasteiger partial charge < -0.3 is 5.11 Å². The van der Waals surface area contributed by atoms with Crippen LogP contribution < -0.4 is 5.32 Å². The minimum atomic E-state index is -1.77. The van der Waals surface area contributed by atoms with Gasteiger partial charge in [-0.25, -0.2) is 0 Å². The van der Waals surface area contributed by atoms with E-state index in [1.54, 1.807) is 0 Å². The second-order valence-electron chi connectivity index (χ2n) is 11.8. The number of imide groups is 1. The van der Waals surface area contributed by atoms with Crippen LogP contribution in [0.2, 0.25) is 0 Å². The Labute approximate surface area is 249 Å². The molecule has 9 nitrogen and oxygen atoms in total. The van der Waals surface area contributed by atoms with E-state index in [2.05, 4.69) is 5.32 Å². The van der Waals surface area contributed by atoms with Gasteiger partial charge >= 0.3 is 5.97 Å². The Hall–Kier alpha value is -4.63. The van der Waals surface area contributed by atoms with Crippen LogP contribution in [0.5, 0.6) is 0 Å². The number of hydrogen-bond acceptors (Lipinski definition) is 6. The zero-order valence-electron chi connectivity index (χ0n) is 23.6. The van der Waals surface area contributed by atoms with Crippen molar-refractivity contribution in [3.05, 3.63) is 111 Å². The summed E-state index contributed by atoms with van der Waals surface area (Å²) in [6.45, 7) is 0. The maximum absolute atomic E-state index is 14.1. The number of benzene rings is 3. The third-order valence-electron chi connectivity index (χ3n) is 9.20. The topological polar surface area (TPSA) is 130 Å². The van der Waals surface area contributed by atoms with Crippen molar-refractivity contribution in [3.63, 3.8) is 0 Å². The molecule has 3 aliphatic rings. The predicted octanol–water partition coefficient (Wildman–Crippen LogP) is 5.41. The summed E-state index contributed by atoms with van der Waals surface area (Å²) in [5, 5.41) is 25.2. The molecule has 2 aliphatic heterocycles. The number of carbonyl (C=O) groups excluding carboxylic acids is 2. The Morgan fingerprint density at radius 3 is 2.14 bits per heavy atom. The van der Waals surface area contributed by atoms with Crippen LogP contribution in [-0.2, 0) is 20.8 Å². The van der Waals surface area contributed by atoms with Gasteiger partial charge in [0.25, 0.3) is 5.69 Å². The highest BCUT2D eigenvalue weighted by molar-refractivity contribution is 6.09. The van der Waals surface area contributed by atoms with Crippen LogP contribution >= 0.6 is 0 Å². The van der Waals surface area contributed by atoms with Crippen molar-refractivity contribution >= 4 is 35.6 Å². The summed E-state index contributed by atoms with van der Waals surface area (Å²) in [6.07, 6.45) is 8.21. The van der Waals surface area contributed by atoms with Gasteiger partial charge in [0.1, 0.15) is 5.54 Å². The fourth-order valence-electron chi connectivity index (χ4n) is 7.07. The second kappa shape index (κ2) is 11.6. The van der Waals surface area contributed by atoms with Crippen molar-refractivity contribution in [2.45, 2.75) is 56.1 Å². The molecule has 3 aromatic carbocycles. The van der Waals surface area contributed by atoms with E-state index in [1.807, 2.05) is 66.7 Å². The molecule has 1 saturated carbocycles. The summed E-state index contributed by atoms with van der Waals surface area (Å²) in [4.78, 5) is 53.4. The summed E-state index contributed by atoms with van der Waals surface area (Å²) in [5.74, 6) is -3.98. The smallest absolute Gasteiger partial charge is 0.325 e. The molecule has 2 N–H and O–H groups in total. The molecule has 1 aliphatic carbocycles. The third-order valence-corrected chi connectivity index (χ3v) is 9.20. The lowest BCUT2D eigenvalue weighted by Gasteiger charge is -2.34. The maximum atomic E-state index is 14.1. The maximum Gasteiger partial charge on any atom is 0.325 e. The average molecular weight is 580 g/mol. The molecule has 2 saturated heterocycles. The SMILES string of the molecule is O=C1C2C(c3ccc(/C=C/c4ccccc4)cc3)NC(Cc3ccc([N+](=O)[O-])cc3)(C(=O)O)C2C(=O)N1C1CCCCC1. The van der Waals surface area contributed by atoms with E-state index in [0.29, 0.717) is 5.56 Å². The Morgan fingerprint density at radius 1 is 0.907 bits per heavy atom. The normalized spacial score (nSPS) is 25.8. The van der Waals surface area contributed by atoms with Gasteiger partial charge in [-0.2, -0.15) is 0 Å². The van der Waals surface area contributed by atoms with Crippen molar-refractivity contribution in [1.82, 2.24) is 10.2 Å². The molecule has 3 aromatic rings. The highest BCUT2D eigenvalue weighted by Crippen LogP contribution is 2.51. The zero-order chi connectivity index (χ0) is 30.1. The number of rotatable bonds is 8. The average Bonchev–Trinajstić information content (AvgIpc) is 3.51. The largest absolute Gasteiger partial charge is 0.480 e. The molecule has 9 heteroatoms. The first-order valence-electron chi connectivity index (χ1n) is 14.7. The molecule has 43 heavy (non-hydrogen) atoms. The van der Waals surface area contributed by atoms with Gasteiger partial charge in [0.2, 0.25) is 11.8 Å². The lowest BCUT2D eigenvalue weighted by Crippen LogP contribution is -2.58. The number of fused-ring (bicyclic) bond motifs is 1. The van der Waals surface area contributed by atoms with Gasteiger partial charge in [0.15, 0.2) is 0 Å². The molecule has 0 spiro atoms. The van der Waals surface area contributed by atoms with Gasteiger partial charge in [-0.15, -0.1) is 0 Å². The number of nitro groups is 1. The Morgan fingerprint density at radius 2 is 1.53 bits per heavy atom. The van der Waals surface area contributed by atoms with Crippen LogP contribution in [0, 0.1) is 22.0 Å². The van der Waals surface area contributed by atoms with Crippen LogP contribution in [0.4, 0.5) is 5.69 Å². The monoisotopic (exact) mass is 579 g/mol. The van der Waals surface area contributed by atoms with Crippen molar-refractivity contribution in [2.75, 3.05) is 0 Å². The molecule has 2 amide bonds. The highest BCUT2D eigenvalue weighted by Gasteiger charge is 2.69. The van der Waals surface area contributed by atoms with Gasteiger partial charge in [0, 0.05) is 30.6 Å². The molecule has 0 bridgehead atoms. The molecule has 2 heterocycles. The molecular weight excluding hydrogens is 546 g/mol. The number of likely N-dealkylation sites (tertiary alicyclic amines) is 1. The van der Waals surface area contributed by atoms with Crippen LogP contribution in [-0.4, -0.2) is 44.3 Å². The van der Waals surface area contributed by atoms with Gasteiger partial charge in [0.05, 0.1) is 16.8 Å². The summed E-state index contributed by atoms with van der Waals surface area (Å²) >= 11 is 0. The molecule has 220 valence electrons. The molecule has 6 rings (SSSR count). The number of non-ortho nitro benzene ring substituents is 1. The van der Waals surface area contributed by atoms with E-state index in [-0.39, 0.29) is 24.1 Å². The van der Waals surface area contributed by atoms with E-state index in [9.17, 15) is 29.6 Å². The first-order chi connectivity index (χ1) is 20.8. The molecule has 3 fully saturated rings.